The standard InChI is InChI=1S/C20H32BrFN2O3Si/c1-20(2,3)28(5,6)27-15-9-10-24(12-15)13-18(23(4)19(25)26)14-7-8-17(22)16(21)11-14/h7-8,11,15,18H,9-10,12-13H2,1-6H3,(H,25,26)/t15?,18-/m1/s1. The summed E-state index contributed by atoms with van der Waals surface area (Å²) in [5.74, 6) is -0.357. The summed E-state index contributed by atoms with van der Waals surface area (Å²) in [5, 5.41) is 9.67. The van der Waals surface area contributed by atoms with Crippen molar-refractivity contribution in [3.05, 3.63) is 34.1 Å². The highest BCUT2D eigenvalue weighted by molar-refractivity contribution is 9.10. The Hall–Kier alpha value is -0.963. The molecule has 1 fully saturated rings. The maximum Gasteiger partial charge on any atom is 0.407 e. The lowest BCUT2D eigenvalue weighted by molar-refractivity contribution is 0.121. The lowest BCUT2D eigenvalue weighted by Gasteiger charge is -2.38. The molecule has 2 atom stereocenters. The highest BCUT2D eigenvalue weighted by Gasteiger charge is 2.40. The molecule has 2 rings (SSSR count). The molecule has 0 aliphatic carbocycles. The van der Waals surface area contributed by atoms with E-state index < -0.39 is 14.4 Å². The SMILES string of the molecule is CN(C(=O)O)[C@H](CN1CCC(O[Si](C)(C)C(C)(C)C)C1)c1ccc(F)c(Br)c1. The maximum atomic E-state index is 13.6. The van der Waals surface area contributed by atoms with E-state index in [0.717, 1.165) is 25.1 Å². The van der Waals surface area contributed by atoms with Crippen molar-refractivity contribution in [1.82, 2.24) is 9.80 Å². The second-order valence-corrected chi connectivity index (χ2v) is 14.7. The zero-order chi connectivity index (χ0) is 21.3. The van der Waals surface area contributed by atoms with Gasteiger partial charge in [-0.2, -0.15) is 0 Å². The third kappa shape index (κ3) is 5.55. The van der Waals surface area contributed by atoms with Crippen molar-refractivity contribution in [2.75, 3.05) is 26.7 Å². The van der Waals surface area contributed by atoms with Gasteiger partial charge in [-0.25, -0.2) is 9.18 Å². The smallest absolute Gasteiger partial charge is 0.407 e. The lowest BCUT2D eigenvalue weighted by atomic mass is 10.1. The van der Waals surface area contributed by atoms with E-state index in [1.165, 1.54) is 11.0 Å². The van der Waals surface area contributed by atoms with E-state index in [1.54, 1.807) is 19.2 Å². The van der Waals surface area contributed by atoms with Crippen LogP contribution in [0.25, 0.3) is 0 Å². The van der Waals surface area contributed by atoms with E-state index in [1.807, 2.05) is 0 Å². The van der Waals surface area contributed by atoms with Gasteiger partial charge in [-0.1, -0.05) is 26.8 Å². The fourth-order valence-corrected chi connectivity index (χ4v) is 4.98. The molecule has 1 N–H and O–H groups in total. The first kappa shape index (κ1) is 23.3. The van der Waals surface area contributed by atoms with Crippen LogP contribution in [0.1, 0.15) is 38.8 Å². The van der Waals surface area contributed by atoms with E-state index in [2.05, 4.69) is 54.7 Å². The third-order valence-electron chi connectivity index (χ3n) is 6.03. The zero-order valence-electron chi connectivity index (χ0n) is 17.6. The van der Waals surface area contributed by atoms with Crippen LogP contribution >= 0.6 is 15.9 Å². The molecule has 0 spiro atoms. The van der Waals surface area contributed by atoms with Crippen molar-refractivity contribution >= 4 is 30.3 Å². The Morgan fingerprint density at radius 1 is 1.46 bits per heavy atom. The molecule has 1 unspecified atom stereocenters. The summed E-state index contributed by atoms with van der Waals surface area (Å²) in [4.78, 5) is 15.1. The molecule has 1 amide bonds. The minimum absolute atomic E-state index is 0.160. The number of rotatable bonds is 6. The first-order valence-corrected chi connectivity index (χ1v) is 13.3. The molecule has 158 valence electrons. The average molecular weight is 475 g/mol. The number of hydrogen-bond acceptors (Lipinski definition) is 3. The third-order valence-corrected chi connectivity index (χ3v) is 11.2. The first-order chi connectivity index (χ1) is 12.8. The van der Waals surface area contributed by atoms with Crippen LogP contribution in [-0.4, -0.2) is 62.1 Å². The number of benzene rings is 1. The molecule has 0 bridgehead atoms. The van der Waals surface area contributed by atoms with Crippen LogP contribution < -0.4 is 0 Å². The molecule has 1 aliphatic rings. The van der Waals surface area contributed by atoms with Crippen molar-refractivity contribution in [1.29, 1.82) is 0 Å². The highest BCUT2D eigenvalue weighted by Crippen LogP contribution is 2.38. The Bertz CT molecular complexity index is 711. The van der Waals surface area contributed by atoms with Crippen molar-refractivity contribution < 1.29 is 18.7 Å². The van der Waals surface area contributed by atoms with Crippen LogP contribution in [0.15, 0.2) is 22.7 Å². The van der Waals surface area contributed by atoms with Gasteiger partial charge in [0.1, 0.15) is 5.82 Å². The molecular formula is C20H32BrFN2O3Si. The van der Waals surface area contributed by atoms with Gasteiger partial charge in [0.15, 0.2) is 8.32 Å². The summed E-state index contributed by atoms with van der Waals surface area (Å²) in [7, 11) is -0.276. The van der Waals surface area contributed by atoms with E-state index in [4.69, 9.17) is 4.43 Å². The molecule has 0 radical (unpaired) electrons. The van der Waals surface area contributed by atoms with Crippen molar-refractivity contribution in [2.45, 2.75) is 57.5 Å². The molecule has 0 saturated carbocycles. The lowest BCUT2D eigenvalue weighted by Crippen LogP contribution is -2.45. The van der Waals surface area contributed by atoms with E-state index in [9.17, 15) is 14.3 Å². The molecule has 1 heterocycles. The number of likely N-dealkylation sites (tertiary alicyclic amines) is 1. The monoisotopic (exact) mass is 474 g/mol. The molecule has 1 aliphatic heterocycles. The van der Waals surface area contributed by atoms with E-state index in [-0.39, 0.29) is 23.0 Å². The molecule has 1 saturated heterocycles. The average Bonchev–Trinajstić information content (AvgIpc) is 3.00. The number of carboxylic acid groups (broad SMARTS) is 1. The van der Waals surface area contributed by atoms with E-state index >= 15 is 0 Å². The fraction of sp³-hybridized carbons (Fsp3) is 0.650. The normalized spacial score (nSPS) is 19.6. The maximum absolute atomic E-state index is 13.6. The quantitative estimate of drug-likeness (QED) is 0.565. The summed E-state index contributed by atoms with van der Waals surface area (Å²) >= 11 is 3.20. The van der Waals surface area contributed by atoms with Crippen LogP contribution in [0.5, 0.6) is 0 Å². The van der Waals surface area contributed by atoms with Gasteiger partial charge in [0, 0.05) is 26.7 Å². The van der Waals surface area contributed by atoms with Crippen molar-refractivity contribution in [3.63, 3.8) is 0 Å². The van der Waals surface area contributed by atoms with Gasteiger partial charge in [0.2, 0.25) is 0 Å². The van der Waals surface area contributed by atoms with Crippen LogP contribution in [0.4, 0.5) is 9.18 Å². The largest absolute Gasteiger partial charge is 0.465 e. The van der Waals surface area contributed by atoms with Crippen LogP contribution in [0, 0.1) is 5.82 Å². The Labute approximate surface area is 177 Å². The molecule has 1 aromatic rings. The summed E-state index contributed by atoms with van der Waals surface area (Å²) in [6.07, 6.45) is 0.124. The topological polar surface area (TPSA) is 53.0 Å². The summed E-state index contributed by atoms with van der Waals surface area (Å²) in [6, 6.07) is 4.32. The van der Waals surface area contributed by atoms with Crippen LogP contribution in [0.2, 0.25) is 18.1 Å². The molecular weight excluding hydrogens is 443 g/mol. The van der Waals surface area contributed by atoms with Gasteiger partial charge in [-0.3, -0.25) is 4.90 Å². The summed E-state index contributed by atoms with van der Waals surface area (Å²) in [6.45, 7) is 13.4. The highest BCUT2D eigenvalue weighted by atomic mass is 79.9. The second kappa shape index (κ2) is 8.81. The second-order valence-electron chi connectivity index (χ2n) is 9.13. The molecule has 28 heavy (non-hydrogen) atoms. The Kier molecular flexibility index (Phi) is 7.34. The molecule has 8 heteroatoms. The number of carbonyl (C=O) groups is 1. The number of likely N-dealkylation sites (N-methyl/N-ethyl adjacent to an activating group) is 1. The first-order valence-electron chi connectivity index (χ1n) is 9.62. The van der Waals surface area contributed by atoms with Crippen LogP contribution in [0.3, 0.4) is 0 Å². The van der Waals surface area contributed by atoms with Gasteiger partial charge in [0.25, 0.3) is 0 Å². The Balaban J connectivity index is 2.11. The predicted octanol–water partition coefficient (Wildman–Crippen LogP) is 5.34. The van der Waals surface area contributed by atoms with Gasteiger partial charge >= 0.3 is 6.09 Å². The zero-order valence-corrected chi connectivity index (χ0v) is 20.2. The Morgan fingerprint density at radius 3 is 2.64 bits per heavy atom. The number of hydrogen-bond donors (Lipinski definition) is 1. The number of halogens is 2. The van der Waals surface area contributed by atoms with Crippen LogP contribution in [-0.2, 0) is 4.43 Å². The van der Waals surface area contributed by atoms with Gasteiger partial charge in [0.05, 0.1) is 16.6 Å². The fourth-order valence-electron chi connectivity index (χ4n) is 3.20. The van der Waals surface area contributed by atoms with Gasteiger partial charge < -0.3 is 14.4 Å². The van der Waals surface area contributed by atoms with Crippen molar-refractivity contribution in [2.24, 2.45) is 0 Å². The van der Waals surface area contributed by atoms with Crippen molar-refractivity contribution in [3.8, 4) is 0 Å². The number of amides is 1. The molecule has 5 nitrogen and oxygen atoms in total. The Morgan fingerprint density at radius 2 is 2.11 bits per heavy atom. The summed E-state index contributed by atoms with van der Waals surface area (Å²) in [5.41, 5.74) is 0.770. The van der Waals surface area contributed by atoms with Gasteiger partial charge in [-0.05, 0) is 58.2 Å². The molecule has 1 aromatic carbocycles. The minimum Gasteiger partial charge on any atom is -0.465 e. The van der Waals surface area contributed by atoms with E-state index in [0.29, 0.717) is 11.0 Å². The molecule has 0 aromatic heterocycles. The van der Waals surface area contributed by atoms with Gasteiger partial charge in [-0.15, -0.1) is 0 Å². The number of nitrogens with zero attached hydrogens (tertiary/aromatic N) is 2. The predicted molar refractivity (Wildman–Crippen MR) is 116 cm³/mol. The minimum atomic E-state index is -1.84. The summed E-state index contributed by atoms with van der Waals surface area (Å²) < 4.78 is 20.5.